The Hall–Kier alpha value is -2.14. The van der Waals surface area contributed by atoms with Crippen molar-refractivity contribution < 1.29 is 14.0 Å². The van der Waals surface area contributed by atoms with Crippen LogP contribution in [0.3, 0.4) is 0 Å². The first-order valence-electron chi connectivity index (χ1n) is 7.33. The van der Waals surface area contributed by atoms with Crippen molar-refractivity contribution in [2.75, 3.05) is 4.90 Å². The van der Waals surface area contributed by atoms with E-state index in [1.807, 2.05) is 13.0 Å². The van der Waals surface area contributed by atoms with Crippen LogP contribution in [0.4, 0.5) is 10.1 Å². The maximum Gasteiger partial charge on any atom is 0.240 e. The lowest BCUT2D eigenvalue weighted by atomic mass is 10.1. The van der Waals surface area contributed by atoms with E-state index >= 15 is 0 Å². The zero-order chi connectivity index (χ0) is 16.6. The van der Waals surface area contributed by atoms with Crippen molar-refractivity contribution in [1.29, 1.82) is 0 Å². The number of carbonyl (C=O) groups excluding carboxylic acids is 2. The molecule has 3 rings (SSSR count). The van der Waals surface area contributed by atoms with Crippen LogP contribution in [0.5, 0.6) is 0 Å². The van der Waals surface area contributed by atoms with E-state index in [4.69, 9.17) is 0 Å². The summed E-state index contributed by atoms with van der Waals surface area (Å²) in [5.74, 6) is -0.347. The lowest BCUT2D eigenvalue weighted by molar-refractivity contribution is -0.118. The monoisotopic (exact) mass is 329 g/mol. The quantitative estimate of drug-likeness (QED) is 0.797. The zero-order valence-corrected chi connectivity index (χ0v) is 13.7. The molecule has 0 radical (unpaired) electrons. The molecule has 1 aliphatic heterocycles. The Morgan fingerprint density at radius 2 is 1.91 bits per heavy atom. The summed E-state index contributed by atoms with van der Waals surface area (Å²) < 4.78 is 13.1. The summed E-state index contributed by atoms with van der Waals surface area (Å²) in [7, 11) is 0. The number of anilines is 1. The average molecular weight is 329 g/mol. The molecular weight excluding hydrogens is 313 g/mol. The molecule has 0 bridgehead atoms. The van der Waals surface area contributed by atoms with Gasteiger partial charge in [-0.15, -0.1) is 11.8 Å². The molecule has 3 nitrogen and oxygen atoms in total. The van der Waals surface area contributed by atoms with Crippen molar-refractivity contribution >= 4 is 29.1 Å². The Morgan fingerprint density at radius 3 is 2.57 bits per heavy atom. The highest BCUT2D eigenvalue weighted by atomic mass is 32.2. The van der Waals surface area contributed by atoms with Crippen molar-refractivity contribution in [1.82, 2.24) is 0 Å². The lowest BCUT2D eigenvalue weighted by Gasteiger charge is -2.32. The minimum Gasteiger partial charge on any atom is -0.306 e. The number of Topliss-reactive ketones (excluding diaryl/α,β-unsaturated/α-hetero) is 1. The fourth-order valence-electron chi connectivity index (χ4n) is 2.56. The molecule has 0 fully saturated rings. The molecule has 1 heterocycles. The summed E-state index contributed by atoms with van der Waals surface area (Å²) in [5, 5.41) is -0.189. The third kappa shape index (κ3) is 3.15. The molecule has 118 valence electrons. The largest absolute Gasteiger partial charge is 0.306 e. The number of hydrogen-bond acceptors (Lipinski definition) is 3. The van der Waals surface area contributed by atoms with E-state index in [9.17, 15) is 14.0 Å². The van der Waals surface area contributed by atoms with E-state index in [1.54, 1.807) is 29.2 Å². The Labute approximate surface area is 138 Å². The second-order valence-electron chi connectivity index (χ2n) is 5.55. The van der Waals surface area contributed by atoms with Gasteiger partial charge in [0.2, 0.25) is 5.91 Å². The third-order valence-corrected chi connectivity index (χ3v) is 4.98. The molecule has 23 heavy (non-hydrogen) atoms. The minimum atomic E-state index is -0.304. The number of carbonyl (C=O) groups is 2. The van der Waals surface area contributed by atoms with E-state index in [1.165, 1.54) is 30.8 Å². The molecule has 1 atom stereocenters. The van der Waals surface area contributed by atoms with Gasteiger partial charge in [-0.25, -0.2) is 4.39 Å². The Balaban J connectivity index is 2.01. The molecule has 0 aromatic heterocycles. The van der Waals surface area contributed by atoms with E-state index in [0.29, 0.717) is 12.1 Å². The third-order valence-electron chi connectivity index (χ3n) is 3.83. The van der Waals surface area contributed by atoms with Crippen LogP contribution >= 0.6 is 11.8 Å². The standard InChI is InChI=1S/C18H16FNO2S/c1-11(21)14-5-8-17-16(9-14)20(18(22)12(2)23-17)10-13-3-6-15(19)7-4-13/h3-9,12H,10H2,1-2H3. The van der Waals surface area contributed by atoms with Crippen LogP contribution in [-0.4, -0.2) is 16.9 Å². The van der Waals surface area contributed by atoms with Crippen molar-refractivity contribution in [2.24, 2.45) is 0 Å². The molecule has 1 unspecified atom stereocenters. The van der Waals surface area contributed by atoms with E-state index in [0.717, 1.165) is 16.1 Å². The summed E-state index contributed by atoms with van der Waals surface area (Å²) in [6.07, 6.45) is 0. The molecule has 2 aromatic carbocycles. The number of amides is 1. The van der Waals surface area contributed by atoms with E-state index in [2.05, 4.69) is 0 Å². The van der Waals surface area contributed by atoms with E-state index in [-0.39, 0.29) is 22.8 Å². The van der Waals surface area contributed by atoms with E-state index < -0.39 is 0 Å². The van der Waals surface area contributed by atoms with Gasteiger partial charge in [-0.05, 0) is 43.7 Å². The number of nitrogens with zero attached hydrogens (tertiary/aromatic N) is 1. The van der Waals surface area contributed by atoms with Crippen LogP contribution in [0.2, 0.25) is 0 Å². The molecule has 0 saturated heterocycles. The number of rotatable bonds is 3. The smallest absolute Gasteiger partial charge is 0.240 e. The number of hydrogen-bond donors (Lipinski definition) is 0. The van der Waals surface area contributed by atoms with Gasteiger partial charge in [0.1, 0.15) is 5.82 Å². The first kappa shape index (κ1) is 15.7. The number of halogens is 1. The van der Waals surface area contributed by atoms with Gasteiger partial charge in [0.05, 0.1) is 17.5 Å². The summed E-state index contributed by atoms with van der Waals surface area (Å²) >= 11 is 1.49. The van der Waals surface area contributed by atoms with Crippen LogP contribution in [0.25, 0.3) is 0 Å². The van der Waals surface area contributed by atoms with Crippen LogP contribution in [0.15, 0.2) is 47.4 Å². The predicted molar refractivity (Wildman–Crippen MR) is 89.4 cm³/mol. The number of benzene rings is 2. The lowest BCUT2D eigenvalue weighted by Crippen LogP contribution is -2.39. The molecule has 1 aliphatic rings. The predicted octanol–water partition coefficient (Wildman–Crippen LogP) is 4.06. The second-order valence-corrected chi connectivity index (χ2v) is 6.93. The van der Waals surface area contributed by atoms with Gasteiger partial charge in [0, 0.05) is 10.5 Å². The summed E-state index contributed by atoms with van der Waals surface area (Å²) in [6.45, 7) is 3.73. The second kappa shape index (κ2) is 6.16. The van der Waals surface area contributed by atoms with Gasteiger partial charge in [0.25, 0.3) is 0 Å². The summed E-state index contributed by atoms with van der Waals surface area (Å²) in [5.41, 5.74) is 2.17. The van der Waals surface area contributed by atoms with Crippen molar-refractivity contribution in [3.8, 4) is 0 Å². The molecule has 2 aromatic rings. The summed E-state index contributed by atoms with van der Waals surface area (Å²) in [4.78, 5) is 26.9. The Kier molecular flexibility index (Phi) is 4.22. The maximum atomic E-state index is 13.1. The fourth-order valence-corrected chi connectivity index (χ4v) is 3.61. The average Bonchev–Trinajstić information content (AvgIpc) is 2.53. The number of ketones is 1. The number of fused-ring (bicyclic) bond motifs is 1. The summed E-state index contributed by atoms with van der Waals surface area (Å²) in [6, 6.07) is 11.5. The SMILES string of the molecule is CC(=O)c1ccc2c(c1)N(Cc1ccc(F)cc1)C(=O)C(C)S2. The zero-order valence-electron chi connectivity index (χ0n) is 12.9. The molecular formula is C18H16FNO2S. The molecule has 1 amide bonds. The van der Waals surface area contributed by atoms with Crippen LogP contribution < -0.4 is 4.90 Å². The van der Waals surface area contributed by atoms with Gasteiger partial charge in [0.15, 0.2) is 5.78 Å². The van der Waals surface area contributed by atoms with Gasteiger partial charge in [-0.1, -0.05) is 18.2 Å². The van der Waals surface area contributed by atoms with Gasteiger partial charge in [-0.2, -0.15) is 0 Å². The molecule has 5 heteroatoms. The van der Waals surface area contributed by atoms with Gasteiger partial charge >= 0.3 is 0 Å². The Bertz CT molecular complexity index is 773. The highest BCUT2D eigenvalue weighted by molar-refractivity contribution is 8.00. The van der Waals surface area contributed by atoms with Crippen LogP contribution in [0, 0.1) is 5.82 Å². The normalized spacial score (nSPS) is 17.1. The molecule has 0 N–H and O–H groups in total. The van der Waals surface area contributed by atoms with Crippen LogP contribution in [0.1, 0.15) is 29.8 Å². The van der Waals surface area contributed by atoms with Crippen molar-refractivity contribution in [3.63, 3.8) is 0 Å². The molecule has 0 spiro atoms. The Morgan fingerprint density at radius 1 is 1.22 bits per heavy atom. The topological polar surface area (TPSA) is 37.4 Å². The maximum absolute atomic E-state index is 13.1. The van der Waals surface area contributed by atoms with Gasteiger partial charge < -0.3 is 4.90 Å². The first-order chi connectivity index (χ1) is 11.0. The van der Waals surface area contributed by atoms with Crippen molar-refractivity contribution in [3.05, 3.63) is 59.4 Å². The highest BCUT2D eigenvalue weighted by Crippen LogP contribution is 2.40. The number of thioether (sulfide) groups is 1. The van der Waals surface area contributed by atoms with Crippen molar-refractivity contribution in [2.45, 2.75) is 30.5 Å². The van der Waals surface area contributed by atoms with Crippen LogP contribution in [-0.2, 0) is 11.3 Å². The first-order valence-corrected chi connectivity index (χ1v) is 8.21. The van der Waals surface area contributed by atoms with Gasteiger partial charge in [-0.3, -0.25) is 9.59 Å². The molecule has 0 saturated carbocycles. The molecule has 0 aliphatic carbocycles. The minimum absolute atomic E-state index is 0.00692. The highest BCUT2D eigenvalue weighted by Gasteiger charge is 2.31. The fraction of sp³-hybridized carbons (Fsp3) is 0.222.